The molecule has 4 nitrogen and oxygen atoms in total. The first-order valence-corrected chi connectivity index (χ1v) is 20.7. The Balaban J connectivity index is 1.19. The first kappa shape index (κ1) is 39.0. The lowest BCUT2D eigenvalue weighted by Gasteiger charge is -2.34. The topological polar surface area (TPSA) is 58.9 Å². The van der Waals surface area contributed by atoms with E-state index in [1.165, 1.54) is 27.1 Å². The van der Waals surface area contributed by atoms with Crippen LogP contribution in [0.2, 0.25) is 0 Å². The van der Waals surface area contributed by atoms with E-state index in [0.717, 1.165) is 46.8 Å². The van der Waals surface area contributed by atoms with Crippen LogP contribution in [0, 0.1) is 5.41 Å². The minimum Gasteiger partial charge on any atom is -0.491 e. The molecule has 1 aliphatic carbocycles. The summed E-state index contributed by atoms with van der Waals surface area (Å²) in [5.74, 6) is 2.02. The Morgan fingerprint density at radius 1 is 0.585 bits per heavy atom. The summed E-state index contributed by atoms with van der Waals surface area (Å²) in [5, 5.41) is 21.6. The predicted octanol–water partition coefficient (Wildman–Crippen LogP) is 11.4. The summed E-state index contributed by atoms with van der Waals surface area (Å²) in [4.78, 5) is 2.39. The van der Waals surface area contributed by atoms with Gasteiger partial charge in [-0.15, -0.1) is 23.5 Å². The van der Waals surface area contributed by atoms with E-state index in [4.69, 9.17) is 9.47 Å². The molecule has 6 rings (SSSR count). The molecule has 2 atom stereocenters. The zero-order valence-electron chi connectivity index (χ0n) is 32.0. The van der Waals surface area contributed by atoms with E-state index in [9.17, 15) is 10.2 Å². The molecule has 0 radical (unpaired) electrons. The Hall–Kier alpha value is -3.68. The fourth-order valence-corrected chi connectivity index (χ4v) is 9.16. The van der Waals surface area contributed by atoms with Crippen LogP contribution in [0.1, 0.15) is 83.1 Å². The summed E-state index contributed by atoms with van der Waals surface area (Å²) in [6.07, 6.45) is 1.66. The number of fused-ring (bicyclic) bond motifs is 3. The maximum absolute atomic E-state index is 10.8. The van der Waals surface area contributed by atoms with Crippen molar-refractivity contribution in [3.05, 3.63) is 144 Å². The number of thioether (sulfide) groups is 2. The molecule has 2 unspecified atom stereocenters. The first-order chi connectivity index (χ1) is 25.4. The van der Waals surface area contributed by atoms with Gasteiger partial charge in [0.1, 0.15) is 24.7 Å². The van der Waals surface area contributed by atoms with E-state index < -0.39 is 17.6 Å². The molecule has 0 aliphatic heterocycles. The molecule has 0 saturated heterocycles. The van der Waals surface area contributed by atoms with Gasteiger partial charge in [-0.3, -0.25) is 0 Å². The average Bonchev–Trinajstić information content (AvgIpc) is 3.47. The van der Waals surface area contributed by atoms with Gasteiger partial charge in [0.15, 0.2) is 0 Å². The maximum atomic E-state index is 10.8. The number of hydrogen-bond acceptors (Lipinski definition) is 6. The maximum Gasteiger partial charge on any atom is 0.119 e. The second-order valence-corrected chi connectivity index (χ2v) is 18.5. The van der Waals surface area contributed by atoms with Crippen molar-refractivity contribution in [3.8, 4) is 22.6 Å². The predicted molar refractivity (Wildman–Crippen MR) is 223 cm³/mol. The van der Waals surface area contributed by atoms with Crippen LogP contribution in [0.3, 0.4) is 0 Å². The average molecular weight is 747 g/mol. The van der Waals surface area contributed by atoms with E-state index in [0.29, 0.717) is 5.75 Å². The van der Waals surface area contributed by atoms with Gasteiger partial charge >= 0.3 is 0 Å². The van der Waals surface area contributed by atoms with E-state index in [2.05, 4.69) is 139 Å². The third-order valence-electron chi connectivity index (χ3n) is 10.5. The molecule has 0 fully saturated rings. The summed E-state index contributed by atoms with van der Waals surface area (Å²) in [6, 6.07) is 42.7. The van der Waals surface area contributed by atoms with Crippen LogP contribution < -0.4 is 9.47 Å². The molecule has 1 aliphatic rings. The Bertz CT molecular complexity index is 1880. The van der Waals surface area contributed by atoms with Gasteiger partial charge in [-0.05, 0) is 93.7 Å². The van der Waals surface area contributed by atoms with E-state index in [1.807, 2.05) is 36.0 Å². The standard InChI is InChI=1S/C47H54O4S2/c1-7-46(6,8-2)29-35(48)30-50-37-21-17-33(18-22-37)47(43-15-11-9-13-41(43)42-14-10-12-16-44(42)47)34-19-23-38(24-20-34)51-31-36(49)32-52-39-25-27-40(28-26-39)53-45(3,4)5/h9-28,35-36,48-49H,7-8,29-32H2,1-6H3. The number of aliphatic hydroxyl groups excluding tert-OH is 2. The molecule has 0 amide bonds. The van der Waals surface area contributed by atoms with Crippen molar-refractivity contribution in [2.75, 3.05) is 19.0 Å². The first-order valence-electron chi connectivity index (χ1n) is 18.9. The summed E-state index contributed by atoms with van der Waals surface area (Å²) in [6.45, 7) is 13.7. The van der Waals surface area contributed by atoms with E-state index in [-0.39, 0.29) is 23.4 Å². The molecule has 0 bridgehead atoms. The zero-order chi connectivity index (χ0) is 37.6. The second kappa shape index (κ2) is 16.8. The number of hydrogen-bond donors (Lipinski definition) is 2. The lowest BCUT2D eigenvalue weighted by Crippen LogP contribution is -2.28. The molecular weight excluding hydrogens is 693 g/mol. The van der Waals surface area contributed by atoms with Crippen molar-refractivity contribution in [1.82, 2.24) is 0 Å². The minimum absolute atomic E-state index is 0.111. The molecule has 5 aromatic carbocycles. The van der Waals surface area contributed by atoms with Gasteiger partial charge in [0.05, 0.1) is 17.6 Å². The van der Waals surface area contributed by atoms with Crippen LogP contribution in [0.5, 0.6) is 11.5 Å². The number of rotatable bonds is 16. The lowest BCUT2D eigenvalue weighted by atomic mass is 9.68. The van der Waals surface area contributed by atoms with Gasteiger partial charge in [0.25, 0.3) is 0 Å². The molecule has 6 heteroatoms. The number of aliphatic hydroxyl groups is 2. The quantitative estimate of drug-likeness (QED) is 0.0962. The molecule has 5 aromatic rings. The smallest absolute Gasteiger partial charge is 0.119 e. The largest absolute Gasteiger partial charge is 0.491 e. The number of ether oxygens (including phenoxy) is 2. The summed E-state index contributed by atoms with van der Waals surface area (Å²) in [5.41, 5.74) is 6.75. The molecule has 53 heavy (non-hydrogen) atoms. The zero-order valence-corrected chi connectivity index (χ0v) is 33.6. The normalized spacial score (nSPS) is 14.6. The highest BCUT2D eigenvalue weighted by Gasteiger charge is 2.45. The highest BCUT2D eigenvalue weighted by molar-refractivity contribution is 8.00. The van der Waals surface area contributed by atoms with Crippen molar-refractivity contribution in [1.29, 1.82) is 0 Å². The van der Waals surface area contributed by atoms with Crippen LogP contribution in [0.15, 0.2) is 131 Å². The summed E-state index contributed by atoms with van der Waals surface area (Å²) >= 11 is 3.50. The van der Waals surface area contributed by atoms with Gasteiger partial charge in [-0.1, -0.05) is 127 Å². The fraction of sp³-hybridized carbons (Fsp3) is 0.362. The van der Waals surface area contributed by atoms with Gasteiger partial charge in [-0.2, -0.15) is 0 Å². The van der Waals surface area contributed by atoms with E-state index in [1.54, 1.807) is 11.8 Å². The van der Waals surface area contributed by atoms with E-state index >= 15 is 0 Å². The van der Waals surface area contributed by atoms with Gasteiger partial charge in [-0.25, -0.2) is 0 Å². The molecule has 278 valence electrons. The van der Waals surface area contributed by atoms with Crippen molar-refractivity contribution < 1.29 is 19.7 Å². The molecule has 0 spiro atoms. The molecule has 0 aromatic heterocycles. The third-order valence-corrected chi connectivity index (χ3v) is 12.8. The van der Waals surface area contributed by atoms with Crippen molar-refractivity contribution >= 4 is 23.5 Å². The summed E-state index contributed by atoms with van der Waals surface area (Å²) in [7, 11) is 0. The molecule has 2 N–H and O–H groups in total. The van der Waals surface area contributed by atoms with Crippen molar-refractivity contribution in [3.63, 3.8) is 0 Å². The third kappa shape index (κ3) is 9.00. The number of benzene rings is 5. The van der Waals surface area contributed by atoms with Gasteiger partial charge in [0.2, 0.25) is 0 Å². The fourth-order valence-electron chi connectivity index (χ4n) is 7.38. The molecule has 0 heterocycles. The van der Waals surface area contributed by atoms with Crippen molar-refractivity contribution in [2.45, 2.75) is 93.0 Å². The SMILES string of the molecule is CCC(C)(CC)CC(O)COc1ccc(C2(c3ccc(OCC(O)CSc4ccc(SC(C)(C)C)cc4)cc3)c3ccccc3-c3ccccc32)cc1. The van der Waals surface area contributed by atoms with Gasteiger partial charge < -0.3 is 19.7 Å². The molecular formula is C47H54O4S2. The second-order valence-electron chi connectivity index (χ2n) is 15.5. The Kier molecular flexibility index (Phi) is 12.3. The highest BCUT2D eigenvalue weighted by atomic mass is 32.2. The summed E-state index contributed by atoms with van der Waals surface area (Å²) < 4.78 is 12.4. The Morgan fingerprint density at radius 2 is 1.04 bits per heavy atom. The lowest BCUT2D eigenvalue weighted by molar-refractivity contribution is 0.0578. The van der Waals surface area contributed by atoms with Crippen LogP contribution in [0.25, 0.3) is 11.1 Å². The Morgan fingerprint density at radius 3 is 1.51 bits per heavy atom. The minimum atomic E-state index is -0.604. The Labute approximate surface area is 325 Å². The monoisotopic (exact) mass is 746 g/mol. The van der Waals surface area contributed by atoms with Crippen LogP contribution in [-0.2, 0) is 5.41 Å². The van der Waals surface area contributed by atoms with Gasteiger partial charge in [0, 0.05) is 20.3 Å². The van der Waals surface area contributed by atoms with Crippen LogP contribution in [-0.4, -0.2) is 46.1 Å². The highest BCUT2D eigenvalue weighted by Crippen LogP contribution is 2.56. The van der Waals surface area contributed by atoms with Crippen LogP contribution >= 0.6 is 23.5 Å². The van der Waals surface area contributed by atoms with Crippen molar-refractivity contribution in [2.24, 2.45) is 5.41 Å². The molecule has 0 saturated carbocycles. The van der Waals surface area contributed by atoms with Crippen LogP contribution in [0.4, 0.5) is 0 Å².